The molecule has 0 aromatic heterocycles. The molecule has 3 rings (SSSR count). The third-order valence-electron chi connectivity index (χ3n) is 3.20. The van der Waals surface area contributed by atoms with E-state index in [1.54, 1.807) is 18.2 Å². The predicted octanol–water partition coefficient (Wildman–Crippen LogP) is 1.54. The predicted molar refractivity (Wildman–Crippen MR) is 56.9 cm³/mol. The van der Waals surface area contributed by atoms with Gasteiger partial charge in [0.05, 0.1) is 16.8 Å². The minimum absolute atomic E-state index is 0.0967. The molecule has 1 aliphatic heterocycles. The van der Waals surface area contributed by atoms with E-state index in [1.165, 1.54) is 0 Å². The van der Waals surface area contributed by atoms with Gasteiger partial charge in [-0.05, 0) is 25.0 Å². The molecule has 0 atom stereocenters. The first-order valence-corrected chi connectivity index (χ1v) is 5.08. The maximum atomic E-state index is 11.8. The van der Waals surface area contributed by atoms with E-state index in [2.05, 4.69) is 10.6 Å². The smallest absolute Gasteiger partial charge is 0.232 e. The van der Waals surface area contributed by atoms with Gasteiger partial charge in [0.25, 0.3) is 0 Å². The molecule has 2 aliphatic rings. The van der Waals surface area contributed by atoms with Crippen LogP contribution in [0, 0.1) is 5.41 Å². The number of phenols is 1. The summed E-state index contributed by atoms with van der Waals surface area (Å²) in [6.07, 6.45) is 1.90. The van der Waals surface area contributed by atoms with Gasteiger partial charge >= 0.3 is 0 Å². The lowest BCUT2D eigenvalue weighted by Gasteiger charge is -2.09. The number of hydrogen-bond donors (Lipinski definition) is 3. The van der Waals surface area contributed by atoms with Crippen molar-refractivity contribution in [2.24, 2.45) is 5.41 Å². The quantitative estimate of drug-likeness (QED) is 0.562. The van der Waals surface area contributed by atoms with Gasteiger partial charge in [0.15, 0.2) is 0 Å². The van der Waals surface area contributed by atoms with Gasteiger partial charge in [0, 0.05) is 12.6 Å². The number of nitrogens with one attached hydrogen (secondary N) is 2. The van der Waals surface area contributed by atoms with Crippen molar-refractivity contribution in [1.29, 1.82) is 0 Å². The van der Waals surface area contributed by atoms with Crippen molar-refractivity contribution in [3.63, 3.8) is 0 Å². The summed E-state index contributed by atoms with van der Waals surface area (Å²) in [7, 11) is 0. The molecule has 1 aromatic rings. The Hall–Kier alpha value is -1.71. The Morgan fingerprint density at radius 1 is 1.27 bits per heavy atom. The monoisotopic (exact) mass is 204 g/mol. The first-order valence-electron chi connectivity index (χ1n) is 5.08. The van der Waals surface area contributed by atoms with E-state index in [-0.39, 0.29) is 17.1 Å². The molecule has 0 saturated heterocycles. The Bertz CT molecular complexity index is 438. The highest BCUT2D eigenvalue weighted by molar-refractivity contribution is 6.01. The van der Waals surface area contributed by atoms with Gasteiger partial charge in [-0.25, -0.2) is 0 Å². The van der Waals surface area contributed by atoms with Crippen molar-refractivity contribution in [3.8, 4) is 5.75 Å². The molecule has 0 radical (unpaired) electrons. The topological polar surface area (TPSA) is 61.4 Å². The summed E-state index contributed by atoms with van der Waals surface area (Å²) in [5, 5.41) is 15.4. The van der Waals surface area contributed by atoms with Crippen LogP contribution in [0.3, 0.4) is 0 Å². The molecule has 0 bridgehead atoms. The van der Waals surface area contributed by atoms with Gasteiger partial charge in [-0.3, -0.25) is 4.79 Å². The van der Waals surface area contributed by atoms with Crippen LogP contribution < -0.4 is 10.6 Å². The lowest BCUT2D eigenvalue weighted by molar-refractivity contribution is -0.120. The zero-order valence-electron chi connectivity index (χ0n) is 8.21. The number of amides is 1. The largest absolute Gasteiger partial charge is 0.508 e. The Kier molecular flexibility index (Phi) is 1.52. The van der Waals surface area contributed by atoms with Crippen molar-refractivity contribution in [3.05, 3.63) is 18.2 Å². The normalized spacial score (nSPS) is 21.2. The third kappa shape index (κ3) is 1.25. The number of phenolic OH excluding ortho intramolecular Hbond substituents is 1. The Morgan fingerprint density at radius 2 is 2.07 bits per heavy atom. The minimum atomic E-state index is -0.200. The van der Waals surface area contributed by atoms with E-state index in [9.17, 15) is 9.90 Å². The second kappa shape index (κ2) is 2.66. The number of fused-ring (bicyclic) bond motifs is 1. The Morgan fingerprint density at radius 3 is 2.80 bits per heavy atom. The van der Waals surface area contributed by atoms with Gasteiger partial charge in [-0.1, -0.05) is 0 Å². The van der Waals surface area contributed by atoms with Crippen LogP contribution in [0.1, 0.15) is 12.8 Å². The fourth-order valence-corrected chi connectivity index (χ4v) is 1.94. The fourth-order valence-electron chi connectivity index (χ4n) is 1.94. The van der Waals surface area contributed by atoms with E-state index in [1.807, 2.05) is 0 Å². The average molecular weight is 204 g/mol. The van der Waals surface area contributed by atoms with Crippen LogP contribution in [0.15, 0.2) is 18.2 Å². The lowest BCUT2D eigenvalue weighted by Crippen LogP contribution is -2.27. The van der Waals surface area contributed by atoms with E-state index in [0.717, 1.165) is 24.2 Å². The summed E-state index contributed by atoms with van der Waals surface area (Å²) < 4.78 is 0. The molecule has 1 amide bonds. The molecule has 1 saturated carbocycles. The zero-order chi connectivity index (χ0) is 10.5. The average Bonchev–Trinajstić information content (AvgIpc) is 3.00. The molecule has 1 spiro atoms. The van der Waals surface area contributed by atoms with E-state index in [0.29, 0.717) is 6.54 Å². The number of carbonyl (C=O) groups excluding carboxylic acids is 1. The maximum Gasteiger partial charge on any atom is 0.232 e. The van der Waals surface area contributed by atoms with Crippen LogP contribution in [0.2, 0.25) is 0 Å². The van der Waals surface area contributed by atoms with Crippen LogP contribution in [0.5, 0.6) is 5.75 Å². The summed E-state index contributed by atoms with van der Waals surface area (Å²) in [5.41, 5.74) is 1.35. The van der Waals surface area contributed by atoms with Crippen LogP contribution in [-0.2, 0) is 4.79 Å². The summed E-state index contributed by atoms with van der Waals surface area (Å²) in [6.45, 7) is 0.662. The van der Waals surface area contributed by atoms with Gasteiger partial charge in [-0.15, -0.1) is 0 Å². The highest BCUT2D eigenvalue weighted by Crippen LogP contribution is 2.48. The molecule has 1 aromatic carbocycles. The SMILES string of the molecule is O=C1Nc2ccc(O)cc2NCC12CC2. The zero-order valence-corrected chi connectivity index (χ0v) is 8.21. The fraction of sp³-hybridized carbons (Fsp3) is 0.364. The molecule has 78 valence electrons. The second-order valence-electron chi connectivity index (χ2n) is 4.32. The summed E-state index contributed by atoms with van der Waals surface area (Å²) >= 11 is 0. The molecule has 0 unspecified atom stereocenters. The number of anilines is 2. The second-order valence-corrected chi connectivity index (χ2v) is 4.32. The number of carbonyl (C=O) groups is 1. The lowest BCUT2D eigenvalue weighted by atomic mass is 10.1. The van der Waals surface area contributed by atoms with Crippen molar-refractivity contribution in [2.75, 3.05) is 17.2 Å². The number of rotatable bonds is 0. The highest BCUT2D eigenvalue weighted by Gasteiger charge is 2.50. The van der Waals surface area contributed by atoms with Crippen molar-refractivity contribution < 1.29 is 9.90 Å². The van der Waals surface area contributed by atoms with Gasteiger partial charge in [0.1, 0.15) is 5.75 Å². The van der Waals surface area contributed by atoms with Gasteiger partial charge < -0.3 is 15.7 Å². The number of aromatic hydroxyl groups is 1. The number of hydrogen-bond acceptors (Lipinski definition) is 3. The standard InChI is InChI=1S/C11H12N2O2/c14-7-1-2-8-9(5-7)12-6-11(3-4-11)10(15)13-8/h1-2,5,12,14H,3-4,6H2,(H,13,15). The van der Waals surface area contributed by atoms with Gasteiger partial charge in [-0.2, -0.15) is 0 Å². The van der Waals surface area contributed by atoms with Gasteiger partial charge in [0.2, 0.25) is 5.91 Å². The van der Waals surface area contributed by atoms with E-state index in [4.69, 9.17) is 0 Å². The first-order chi connectivity index (χ1) is 7.20. The summed E-state index contributed by atoms with van der Waals surface area (Å²) in [6, 6.07) is 4.93. The van der Waals surface area contributed by atoms with E-state index < -0.39 is 0 Å². The molecule has 1 aliphatic carbocycles. The van der Waals surface area contributed by atoms with Crippen LogP contribution in [0.25, 0.3) is 0 Å². The summed E-state index contributed by atoms with van der Waals surface area (Å²) in [4.78, 5) is 11.8. The van der Waals surface area contributed by atoms with Crippen molar-refractivity contribution in [1.82, 2.24) is 0 Å². The minimum Gasteiger partial charge on any atom is -0.508 e. The van der Waals surface area contributed by atoms with Crippen LogP contribution >= 0.6 is 0 Å². The number of benzene rings is 1. The first kappa shape index (κ1) is 8.59. The molecule has 15 heavy (non-hydrogen) atoms. The van der Waals surface area contributed by atoms with E-state index >= 15 is 0 Å². The highest BCUT2D eigenvalue weighted by atomic mass is 16.3. The molecule has 1 fully saturated rings. The molecule has 4 heteroatoms. The van der Waals surface area contributed by atoms with Crippen LogP contribution in [-0.4, -0.2) is 17.6 Å². The molecular weight excluding hydrogens is 192 g/mol. The van der Waals surface area contributed by atoms with Crippen molar-refractivity contribution in [2.45, 2.75) is 12.8 Å². The Balaban J connectivity index is 2.00. The third-order valence-corrected chi connectivity index (χ3v) is 3.20. The van der Waals surface area contributed by atoms with Crippen LogP contribution in [0.4, 0.5) is 11.4 Å². The Labute approximate surface area is 87.3 Å². The van der Waals surface area contributed by atoms with Crippen molar-refractivity contribution >= 4 is 17.3 Å². The maximum absolute atomic E-state index is 11.8. The molecular formula is C11H12N2O2. The molecule has 3 N–H and O–H groups in total. The molecule has 4 nitrogen and oxygen atoms in total. The summed E-state index contributed by atoms with van der Waals surface area (Å²) in [5.74, 6) is 0.307. The molecule has 1 heterocycles.